The third-order valence-electron chi connectivity index (χ3n) is 6.30. The van der Waals surface area contributed by atoms with Crippen molar-refractivity contribution in [2.75, 3.05) is 6.61 Å². The van der Waals surface area contributed by atoms with Crippen molar-refractivity contribution in [2.24, 2.45) is 0 Å². The van der Waals surface area contributed by atoms with Crippen molar-refractivity contribution in [3.05, 3.63) is 36.5 Å². The van der Waals surface area contributed by atoms with Crippen molar-refractivity contribution in [1.29, 1.82) is 0 Å². The molecule has 0 radical (unpaired) electrons. The molecular formula is C30H55NO5. The summed E-state index contributed by atoms with van der Waals surface area (Å²) in [4.78, 5) is 12.3. The quantitative estimate of drug-likeness (QED) is 0.0872. The van der Waals surface area contributed by atoms with Gasteiger partial charge in [0, 0.05) is 0 Å². The second-order valence-corrected chi connectivity index (χ2v) is 9.72. The molecule has 210 valence electrons. The Morgan fingerprint density at radius 2 is 1.17 bits per heavy atom. The summed E-state index contributed by atoms with van der Waals surface area (Å²) in [5, 5.41) is 42.9. The molecule has 0 aromatic carbocycles. The molecule has 5 N–H and O–H groups in total. The molecule has 4 unspecified atom stereocenters. The van der Waals surface area contributed by atoms with Crippen LogP contribution in [0.1, 0.15) is 117 Å². The van der Waals surface area contributed by atoms with Crippen molar-refractivity contribution in [3.8, 4) is 0 Å². The van der Waals surface area contributed by atoms with Gasteiger partial charge in [-0.1, -0.05) is 88.8 Å². The number of nitrogens with one attached hydrogen (secondary N) is 1. The average Bonchev–Trinajstić information content (AvgIpc) is 2.88. The van der Waals surface area contributed by atoms with E-state index in [4.69, 9.17) is 0 Å². The van der Waals surface area contributed by atoms with E-state index in [2.05, 4.69) is 55.6 Å². The Hall–Kier alpha value is -1.47. The highest BCUT2D eigenvalue weighted by molar-refractivity contribution is 5.80. The minimum absolute atomic E-state index is 0.336. The lowest BCUT2D eigenvalue weighted by molar-refractivity contribution is -0.132. The van der Waals surface area contributed by atoms with E-state index in [1.807, 2.05) is 0 Å². The van der Waals surface area contributed by atoms with Gasteiger partial charge in [-0.3, -0.25) is 4.79 Å². The van der Waals surface area contributed by atoms with Crippen molar-refractivity contribution < 1.29 is 25.2 Å². The van der Waals surface area contributed by atoms with Gasteiger partial charge in [-0.05, 0) is 64.2 Å². The van der Waals surface area contributed by atoms with Gasteiger partial charge in [0.15, 0.2) is 0 Å². The molecule has 1 amide bonds. The molecule has 0 aromatic rings. The van der Waals surface area contributed by atoms with Gasteiger partial charge in [0.2, 0.25) is 5.91 Å². The molecular weight excluding hydrogens is 454 g/mol. The lowest BCUT2D eigenvalue weighted by Gasteiger charge is -2.27. The minimum atomic E-state index is -1.29. The molecule has 0 spiro atoms. The van der Waals surface area contributed by atoms with Crippen LogP contribution in [0, 0.1) is 0 Å². The summed E-state index contributed by atoms with van der Waals surface area (Å²) < 4.78 is 0. The van der Waals surface area contributed by atoms with E-state index in [9.17, 15) is 25.2 Å². The topological polar surface area (TPSA) is 110 Å². The van der Waals surface area contributed by atoms with E-state index in [1.165, 1.54) is 25.7 Å². The number of carbonyl (C=O) groups is 1. The Morgan fingerprint density at radius 1 is 0.667 bits per heavy atom. The maximum atomic E-state index is 12.3. The van der Waals surface area contributed by atoms with Crippen LogP contribution in [-0.4, -0.2) is 57.3 Å². The molecule has 0 fully saturated rings. The molecule has 0 aliphatic rings. The van der Waals surface area contributed by atoms with Crippen LogP contribution >= 0.6 is 0 Å². The summed E-state index contributed by atoms with van der Waals surface area (Å²) >= 11 is 0. The first-order valence-electron chi connectivity index (χ1n) is 14.4. The van der Waals surface area contributed by atoms with Crippen LogP contribution in [0.15, 0.2) is 36.5 Å². The van der Waals surface area contributed by atoms with Gasteiger partial charge in [0.25, 0.3) is 0 Å². The normalized spacial score (nSPS) is 15.6. The van der Waals surface area contributed by atoms with Gasteiger partial charge in [-0.15, -0.1) is 0 Å². The molecule has 6 heteroatoms. The highest BCUT2D eigenvalue weighted by Crippen LogP contribution is 2.11. The Balaban J connectivity index is 4.08. The zero-order valence-electron chi connectivity index (χ0n) is 23.0. The predicted octanol–water partition coefficient (Wildman–Crippen LogP) is 5.50. The molecule has 36 heavy (non-hydrogen) atoms. The number of amides is 1. The van der Waals surface area contributed by atoms with Crippen LogP contribution in [0.5, 0.6) is 0 Å². The van der Waals surface area contributed by atoms with Crippen molar-refractivity contribution >= 4 is 5.91 Å². The first-order chi connectivity index (χ1) is 17.5. The largest absolute Gasteiger partial charge is 0.394 e. The van der Waals surface area contributed by atoms with Crippen LogP contribution in [0.4, 0.5) is 0 Å². The lowest BCUT2D eigenvalue weighted by atomic mass is 10.00. The molecule has 0 aliphatic heterocycles. The zero-order valence-corrected chi connectivity index (χ0v) is 23.0. The molecule has 0 saturated carbocycles. The first-order valence-corrected chi connectivity index (χ1v) is 14.4. The number of hydrogen-bond acceptors (Lipinski definition) is 5. The number of aliphatic hydroxyl groups excluding tert-OH is 4. The minimum Gasteiger partial charge on any atom is -0.394 e. The van der Waals surface area contributed by atoms with Gasteiger partial charge in [0.1, 0.15) is 12.2 Å². The molecule has 0 saturated heterocycles. The van der Waals surface area contributed by atoms with Crippen molar-refractivity contribution in [1.82, 2.24) is 5.32 Å². The van der Waals surface area contributed by atoms with Gasteiger partial charge in [-0.2, -0.15) is 0 Å². The molecule has 0 aromatic heterocycles. The van der Waals surface area contributed by atoms with Gasteiger partial charge in [-0.25, -0.2) is 0 Å². The third kappa shape index (κ3) is 19.7. The fourth-order valence-corrected chi connectivity index (χ4v) is 3.85. The number of unbranched alkanes of at least 4 members (excludes halogenated alkanes) is 9. The van der Waals surface area contributed by atoms with Crippen LogP contribution in [0.2, 0.25) is 0 Å². The van der Waals surface area contributed by atoms with Gasteiger partial charge in [0.05, 0.1) is 18.8 Å². The number of carbonyl (C=O) groups excluding carboxylic acids is 1. The van der Waals surface area contributed by atoms with E-state index < -0.39 is 36.9 Å². The molecule has 0 bridgehead atoms. The van der Waals surface area contributed by atoms with E-state index in [-0.39, 0.29) is 0 Å². The summed E-state index contributed by atoms with van der Waals surface area (Å²) in [6.07, 6.45) is 24.6. The Bertz CT molecular complexity index is 590. The zero-order chi connectivity index (χ0) is 26.9. The Labute approximate surface area is 220 Å². The maximum absolute atomic E-state index is 12.3. The van der Waals surface area contributed by atoms with E-state index in [0.717, 1.165) is 57.8 Å². The summed E-state index contributed by atoms with van der Waals surface area (Å²) in [6.45, 7) is 3.86. The smallest absolute Gasteiger partial charge is 0.249 e. The number of aliphatic hydroxyl groups is 4. The fourth-order valence-electron chi connectivity index (χ4n) is 3.85. The van der Waals surface area contributed by atoms with Crippen molar-refractivity contribution in [3.63, 3.8) is 0 Å². The first kappa shape index (κ1) is 34.5. The second kappa shape index (κ2) is 25.2. The Morgan fingerprint density at radius 3 is 1.69 bits per heavy atom. The molecule has 6 nitrogen and oxygen atoms in total. The van der Waals surface area contributed by atoms with Crippen LogP contribution in [0.3, 0.4) is 0 Å². The fraction of sp³-hybridized carbons (Fsp3) is 0.767. The highest BCUT2D eigenvalue weighted by Gasteiger charge is 2.28. The molecule has 0 heterocycles. The van der Waals surface area contributed by atoms with Crippen LogP contribution < -0.4 is 5.32 Å². The molecule has 0 aliphatic carbocycles. The van der Waals surface area contributed by atoms with Crippen LogP contribution in [-0.2, 0) is 4.79 Å². The monoisotopic (exact) mass is 509 g/mol. The lowest BCUT2D eigenvalue weighted by Crippen LogP contribution is -2.53. The number of rotatable bonds is 24. The second-order valence-electron chi connectivity index (χ2n) is 9.72. The third-order valence-corrected chi connectivity index (χ3v) is 6.30. The Kier molecular flexibility index (Phi) is 24.2. The summed E-state index contributed by atoms with van der Waals surface area (Å²) in [5.74, 6) is -0.619. The number of hydrogen-bond donors (Lipinski definition) is 5. The molecule has 0 rings (SSSR count). The van der Waals surface area contributed by atoms with E-state index >= 15 is 0 Å². The van der Waals surface area contributed by atoms with E-state index in [1.54, 1.807) is 0 Å². The van der Waals surface area contributed by atoms with Gasteiger partial charge < -0.3 is 25.7 Å². The summed E-state index contributed by atoms with van der Waals surface area (Å²) in [6, 6.07) is -1.01. The predicted molar refractivity (Wildman–Crippen MR) is 150 cm³/mol. The van der Waals surface area contributed by atoms with E-state index in [0.29, 0.717) is 19.3 Å². The SMILES string of the molecule is CCCC/C=C\CCCCCC(O)C(=O)NC(CO)C(O)C(O)CCC/C=C/CC/C=C/CCCC. The number of allylic oxidation sites excluding steroid dienone is 6. The van der Waals surface area contributed by atoms with Gasteiger partial charge >= 0.3 is 0 Å². The summed E-state index contributed by atoms with van der Waals surface area (Å²) in [5.41, 5.74) is 0. The average molecular weight is 510 g/mol. The van der Waals surface area contributed by atoms with Crippen LogP contribution in [0.25, 0.3) is 0 Å². The maximum Gasteiger partial charge on any atom is 0.249 e. The standard InChI is InChI=1S/C30H55NO5/c1-3-5-7-9-11-13-14-16-17-19-21-23-27(33)29(35)26(25-32)31-30(36)28(34)24-22-20-18-15-12-10-8-6-4-2/h9-12,16-17,26-29,32-35H,3-8,13-15,18-25H2,1-2H3,(H,31,36)/b11-9+,12-10-,17-16+. The molecule has 4 atom stereocenters. The van der Waals surface area contributed by atoms with Crippen molar-refractivity contribution in [2.45, 2.75) is 141 Å². The summed E-state index contributed by atoms with van der Waals surface area (Å²) in [7, 11) is 0. The highest BCUT2D eigenvalue weighted by atomic mass is 16.3.